The average Bonchev–Trinajstić information content (AvgIpc) is 2.93. The summed E-state index contributed by atoms with van der Waals surface area (Å²) in [6.45, 7) is 3.23. The number of benzene rings is 1. The second-order valence-corrected chi connectivity index (χ2v) is 6.27. The van der Waals surface area contributed by atoms with Crippen LogP contribution < -0.4 is 5.73 Å². The van der Waals surface area contributed by atoms with Crippen LogP contribution >= 0.6 is 0 Å². The Morgan fingerprint density at radius 2 is 2.10 bits per heavy atom. The van der Waals surface area contributed by atoms with E-state index in [1.54, 1.807) is 0 Å². The third kappa shape index (κ3) is 3.05. The zero-order valence-electron chi connectivity index (χ0n) is 12.1. The standard InChI is InChI=1S/C17H25NO2/c18-12-16(15-4-2-1-3-5-15)10-14-6-8-20-17(11-14)7-9-19-13-17/h1-5,14,16H,6-13,18H2. The Balaban J connectivity index is 1.64. The monoisotopic (exact) mass is 275 g/mol. The Hall–Kier alpha value is -0.900. The van der Waals surface area contributed by atoms with Gasteiger partial charge in [0.15, 0.2) is 0 Å². The molecule has 2 aliphatic heterocycles. The van der Waals surface area contributed by atoms with Crippen LogP contribution in [0.2, 0.25) is 0 Å². The van der Waals surface area contributed by atoms with Gasteiger partial charge in [-0.2, -0.15) is 0 Å². The minimum Gasteiger partial charge on any atom is -0.378 e. The summed E-state index contributed by atoms with van der Waals surface area (Å²) in [6.07, 6.45) is 4.52. The molecule has 20 heavy (non-hydrogen) atoms. The predicted molar refractivity (Wildman–Crippen MR) is 79.7 cm³/mol. The quantitative estimate of drug-likeness (QED) is 0.919. The summed E-state index contributed by atoms with van der Waals surface area (Å²) < 4.78 is 11.6. The van der Waals surface area contributed by atoms with Crippen molar-refractivity contribution in [1.29, 1.82) is 0 Å². The average molecular weight is 275 g/mol. The maximum atomic E-state index is 6.02. The molecule has 0 saturated carbocycles. The van der Waals surface area contributed by atoms with E-state index >= 15 is 0 Å². The maximum absolute atomic E-state index is 6.02. The smallest absolute Gasteiger partial charge is 0.0939 e. The summed E-state index contributed by atoms with van der Waals surface area (Å²) in [5.74, 6) is 1.18. The molecule has 2 heterocycles. The molecule has 3 atom stereocenters. The largest absolute Gasteiger partial charge is 0.378 e. The zero-order valence-corrected chi connectivity index (χ0v) is 12.1. The van der Waals surface area contributed by atoms with Crippen LogP contribution in [0.3, 0.4) is 0 Å². The van der Waals surface area contributed by atoms with Crippen LogP contribution in [0.5, 0.6) is 0 Å². The van der Waals surface area contributed by atoms with Gasteiger partial charge in [-0.25, -0.2) is 0 Å². The van der Waals surface area contributed by atoms with Gasteiger partial charge in [-0.15, -0.1) is 0 Å². The highest BCUT2D eigenvalue weighted by molar-refractivity contribution is 5.20. The van der Waals surface area contributed by atoms with Crippen LogP contribution in [0.1, 0.15) is 37.2 Å². The van der Waals surface area contributed by atoms with E-state index in [0.29, 0.717) is 11.8 Å². The van der Waals surface area contributed by atoms with Gasteiger partial charge < -0.3 is 15.2 Å². The van der Waals surface area contributed by atoms with E-state index in [2.05, 4.69) is 30.3 Å². The van der Waals surface area contributed by atoms with Crippen molar-refractivity contribution in [2.24, 2.45) is 11.7 Å². The topological polar surface area (TPSA) is 44.5 Å². The molecule has 0 radical (unpaired) electrons. The van der Waals surface area contributed by atoms with Crippen LogP contribution in [0.25, 0.3) is 0 Å². The third-order valence-electron chi connectivity index (χ3n) is 4.84. The molecule has 3 rings (SSSR count). The van der Waals surface area contributed by atoms with Crippen molar-refractivity contribution in [3.8, 4) is 0 Å². The van der Waals surface area contributed by atoms with Gasteiger partial charge in [0.1, 0.15) is 0 Å². The number of hydrogen-bond donors (Lipinski definition) is 1. The van der Waals surface area contributed by atoms with Gasteiger partial charge in [0.2, 0.25) is 0 Å². The molecule has 3 unspecified atom stereocenters. The lowest BCUT2D eigenvalue weighted by Gasteiger charge is -2.38. The van der Waals surface area contributed by atoms with Crippen LogP contribution in [0.15, 0.2) is 30.3 Å². The van der Waals surface area contributed by atoms with E-state index in [1.807, 2.05) is 0 Å². The molecule has 2 N–H and O–H groups in total. The lowest BCUT2D eigenvalue weighted by Crippen LogP contribution is -2.40. The molecule has 3 heteroatoms. The van der Waals surface area contributed by atoms with E-state index in [1.165, 1.54) is 12.0 Å². The molecular formula is C17H25NO2. The second-order valence-electron chi connectivity index (χ2n) is 6.27. The number of ether oxygens (including phenoxy) is 2. The molecule has 1 spiro atoms. The lowest BCUT2D eigenvalue weighted by molar-refractivity contribution is -0.0994. The SMILES string of the molecule is NCC(CC1CCOC2(CCOC2)C1)c1ccccc1. The molecule has 0 bridgehead atoms. The van der Waals surface area contributed by atoms with Crippen molar-refractivity contribution < 1.29 is 9.47 Å². The summed E-state index contributed by atoms with van der Waals surface area (Å²) in [6, 6.07) is 10.7. The highest BCUT2D eigenvalue weighted by atomic mass is 16.6. The van der Waals surface area contributed by atoms with Crippen molar-refractivity contribution >= 4 is 0 Å². The summed E-state index contributed by atoms with van der Waals surface area (Å²) >= 11 is 0. The van der Waals surface area contributed by atoms with Crippen LogP contribution in [0, 0.1) is 5.92 Å². The maximum Gasteiger partial charge on any atom is 0.0939 e. The van der Waals surface area contributed by atoms with Gasteiger partial charge in [0.05, 0.1) is 12.2 Å². The van der Waals surface area contributed by atoms with E-state index in [4.69, 9.17) is 15.2 Å². The number of hydrogen-bond acceptors (Lipinski definition) is 3. The Labute approximate surface area is 121 Å². The van der Waals surface area contributed by atoms with E-state index in [-0.39, 0.29) is 5.60 Å². The fourth-order valence-electron chi connectivity index (χ4n) is 3.69. The molecule has 2 fully saturated rings. The first-order valence-corrected chi connectivity index (χ1v) is 7.78. The Bertz CT molecular complexity index is 414. The van der Waals surface area contributed by atoms with Gasteiger partial charge >= 0.3 is 0 Å². The fourth-order valence-corrected chi connectivity index (χ4v) is 3.69. The normalized spacial score (nSPS) is 31.6. The van der Waals surface area contributed by atoms with Crippen molar-refractivity contribution in [1.82, 2.24) is 0 Å². The molecule has 0 aliphatic carbocycles. The zero-order chi connectivity index (χ0) is 13.8. The van der Waals surface area contributed by atoms with Crippen molar-refractivity contribution in [3.63, 3.8) is 0 Å². The molecule has 110 valence electrons. The summed E-state index contributed by atoms with van der Waals surface area (Å²) in [7, 11) is 0. The van der Waals surface area contributed by atoms with Crippen molar-refractivity contribution in [3.05, 3.63) is 35.9 Å². The Morgan fingerprint density at radius 1 is 1.25 bits per heavy atom. The third-order valence-corrected chi connectivity index (χ3v) is 4.84. The highest BCUT2D eigenvalue weighted by Gasteiger charge is 2.41. The number of rotatable bonds is 4. The van der Waals surface area contributed by atoms with Crippen molar-refractivity contribution in [2.45, 2.75) is 37.2 Å². The summed E-state index contributed by atoms with van der Waals surface area (Å²) in [4.78, 5) is 0. The first-order chi connectivity index (χ1) is 9.81. The first kappa shape index (κ1) is 14.1. The molecule has 2 aliphatic rings. The van der Waals surface area contributed by atoms with Gasteiger partial charge in [-0.1, -0.05) is 30.3 Å². The first-order valence-electron chi connectivity index (χ1n) is 7.78. The Kier molecular flexibility index (Phi) is 4.39. The minimum absolute atomic E-state index is 0.0127. The molecule has 0 amide bonds. The summed E-state index contributed by atoms with van der Waals surface area (Å²) in [5, 5.41) is 0. The summed E-state index contributed by atoms with van der Waals surface area (Å²) in [5.41, 5.74) is 7.40. The van der Waals surface area contributed by atoms with E-state index in [9.17, 15) is 0 Å². The van der Waals surface area contributed by atoms with Gasteiger partial charge in [-0.05, 0) is 43.2 Å². The Morgan fingerprint density at radius 3 is 2.80 bits per heavy atom. The van der Waals surface area contributed by atoms with Crippen LogP contribution in [-0.2, 0) is 9.47 Å². The van der Waals surface area contributed by atoms with E-state index in [0.717, 1.165) is 45.6 Å². The number of nitrogens with two attached hydrogens (primary N) is 1. The molecular weight excluding hydrogens is 250 g/mol. The highest BCUT2D eigenvalue weighted by Crippen LogP contribution is 2.39. The fraction of sp³-hybridized carbons (Fsp3) is 0.647. The molecule has 2 saturated heterocycles. The predicted octanol–water partition coefficient (Wildman–Crippen LogP) is 2.70. The minimum atomic E-state index is 0.0127. The van der Waals surface area contributed by atoms with Gasteiger partial charge in [-0.3, -0.25) is 0 Å². The lowest BCUT2D eigenvalue weighted by atomic mass is 9.79. The second kappa shape index (κ2) is 6.25. The van der Waals surface area contributed by atoms with Crippen LogP contribution in [0.4, 0.5) is 0 Å². The molecule has 0 aromatic heterocycles. The van der Waals surface area contributed by atoms with E-state index < -0.39 is 0 Å². The van der Waals surface area contributed by atoms with Crippen LogP contribution in [-0.4, -0.2) is 32.0 Å². The molecule has 1 aromatic rings. The molecule has 1 aromatic carbocycles. The van der Waals surface area contributed by atoms with Gasteiger partial charge in [0.25, 0.3) is 0 Å². The van der Waals surface area contributed by atoms with Crippen molar-refractivity contribution in [2.75, 3.05) is 26.4 Å². The van der Waals surface area contributed by atoms with Gasteiger partial charge in [0, 0.05) is 19.6 Å². The molecule has 3 nitrogen and oxygen atoms in total.